The number of nitrogens with one attached hydrogen (secondary N) is 1. The monoisotopic (exact) mass is 331 g/mol. The molecule has 0 heterocycles. The maximum atomic E-state index is 11.0. The van der Waals surface area contributed by atoms with E-state index in [-0.39, 0.29) is 5.56 Å². The molecule has 2 aromatic rings. The molecule has 6 nitrogen and oxygen atoms in total. The van der Waals surface area contributed by atoms with Crippen molar-refractivity contribution in [2.45, 2.75) is 13.1 Å². The standard InChI is InChI=1S/C18H21NO5/c1-22-15-9-17(24-3)16(23-2)8-14(15)11-19-10-12-5-4-6-13(7-12)18(20)21/h4-9,19H,10-11H2,1-3H3,(H,20,21). The number of aromatic carboxylic acids is 1. The van der Waals surface area contributed by atoms with Crippen molar-refractivity contribution in [1.29, 1.82) is 0 Å². The van der Waals surface area contributed by atoms with Gasteiger partial charge in [0.1, 0.15) is 5.75 Å². The summed E-state index contributed by atoms with van der Waals surface area (Å²) in [6.45, 7) is 1.08. The van der Waals surface area contributed by atoms with Gasteiger partial charge in [0.25, 0.3) is 0 Å². The fraction of sp³-hybridized carbons (Fsp3) is 0.278. The minimum absolute atomic E-state index is 0.276. The summed E-state index contributed by atoms with van der Waals surface area (Å²) >= 11 is 0. The van der Waals surface area contributed by atoms with Crippen LogP contribution in [0.1, 0.15) is 21.5 Å². The number of ether oxygens (including phenoxy) is 3. The normalized spacial score (nSPS) is 10.3. The molecule has 0 aliphatic rings. The maximum absolute atomic E-state index is 11.0. The summed E-state index contributed by atoms with van der Waals surface area (Å²) in [4.78, 5) is 11.0. The largest absolute Gasteiger partial charge is 0.496 e. The van der Waals surface area contributed by atoms with E-state index in [1.54, 1.807) is 45.6 Å². The molecule has 0 amide bonds. The zero-order chi connectivity index (χ0) is 17.5. The Balaban J connectivity index is 2.09. The predicted molar refractivity (Wildman–Crippen MR) is 90.0 cm³/mol. The van der Waals surface area contributed by atoms with Gasteiger partial charge in [-0.25, -0.2) is 4.79 Å². The lowest BCUT2D eigenvalue weighted by Gasteiger charge is -2.14. The van der Waals surface area contributed by atoms with Crippen LogP contribution in [0.15, 0.2) is 36.4 Å². The van der Waals surface area contributed by atoms with Gasteiger partial charge < -0.3 is 24.6 Å². The number of hydrogen-bond acceptors (Lipinski definition) is 5. The van der Waals surface area contributed by atoms with Gasteiger partial charge in [-0.3, -0.25) is 0 Å². The van der Waals surface area contributed by atoms with Crippen molar-refractivity contribution in [3.05, 3.63) is 53.1 Å². The molecule has 0 fully saturated rings. The van der Waals surface area contributed by atoms with E-state index in [0.29, 0.717) is 30.3 Å². The number of rotatable bonds is 8. The quantitative estimate of drug-likeness (QED) is 0.774. The molecule has 0 unspecified atom stereocenters. The van der Waals surface area contributed by atoms with Crippen LogP contribution in [0.2, 0.25) is 0 Å². The summed E-state index contributed by atoms with van der Waals surface area (Å²) in [6.07, 6.45) is 0. The average Bonchev–Trinajstić information content (AvgIpc) is 2.61. The molecule has 0 radical (unpaired) electrons. The van der Waals surface area contributed by atoms with Gasteiger partial charge in [0.05, 0.1) is 26.9 Å². The van der Waals surface area contributed by atoms with E-state index in [1.807, 2.05) is 12.1 Å². The molecule has 0 aromatic heterocycles. The molecule has 0 bridgehead atoms. The Morgan fingerprint density at radius 3 is 2.25 bits per heavy atom. The van der Waals surface area contributed by atoms with E-state index < -0.39 is 5.97 Å². The van der Waals surface area contributed by atoms with E-state index in [1.165, 1.54) is 0 Å². The highest BCUT2D eigenvalue weighted by atomic mass is 16.5. The first-order chi connectivity index (χ1) is 11.6. The Morgan fingerprint density at radius 1 is 0.958 bits per heavy atom. The van der Waals surface area contributed by atoms with Crippen molar-refractivity contribution in [2.24, 2.45) is 0 Å². The van der Waals surface area contributed by atoms with Crippen LogP contribution < -0.4 is 19.5 Å². The zero-order valence-corrected chi connectivity index (χ0v) is 14.0. The Kier molecular flexibility index (Phi) is 6.03. The maximum Gasteiger partial charge on any atom is 0.335 e. The van der Waals surface area contributed by atoms with E-state index in [2.05, 4.69) is 5.32 Å². The van der Waals surface area contributed by atoms with Crippen LogP contribution in [0.3, 0.4) is 0 Å². The summed E-state index contributed by atoms with van der Waals surface area (Å²) in [5.41, 5.74) is 2.09. The smallest absolute Gasteiger partial charge is 0.335 e. The third kappa shape index (κ3) is 4.17. The fourth-order valence-corrected chi connectivity index (χ4v) is 2.39. The number of carboxylic acids is 1. The molecule has 24 heavy (non-hydrogen) atoms. The second-order valence-corrected chi connectivity index (χ2v) is 5.13. The molecule has 0 saturated carbocycles. The van der Waals surface area contributed by atoms with Crippen LogP contribution >= 0.6 is 0 Å². The second kappa shape index (κ2) is 8.21. The lowest BCUT2D eigenvalue weighted by molar-refractivity contribution is 0.0696. The molecule has 0 aliphatic heterocycles. The predicted octanol–water partition coefficient (Wildman–Crippen LogP) is 2.70. The van der Waals surface area contributed by atoms with E-state index in [9.17, 15) is 4.79 Å². The van der Waals surface area contributed by atoms with Gasteiger partial charge in [0.15, 0.2) is 11.5 Å². The van der Waals surface area contributed by atoms with Crippen LogP contribution in [-0.4, -0.2) is 32.4 Å². The average molecular weight is 331 g/mol. The van der Waals surface area contributed by atoms with Gasteiger partial charge in [-0.1, -0.05) is 12.1 Å². The lowest BCUT2D eigenvalue weighted by atomic mass is 10.1. The number of carboxylic acid groups (broad SMARTS) is 1. The molecule has 0 saturated heterocycles. The molecule has 0 atom stereocenters. The Bertz CT molecular complexity index is 715. The first kappa shape index (κ1) is 17.6. The van der Waals surface area contributed by atoms with Gasteiger partial charge in [-0.05, 0) is 23.8 Å². The van der Waals surface area contributed by atoms with Gasteiger partial charge in [-0.15, -0.1) is 0 Å². The minimum atomic E-state index is -0.932. The highest BCUT2D eigenvalue weighted by molar-refractivity contribution is 5.87. The van der Waals surface area contributed by atoms with Crippen molar-refractivity contribution in [3.63, 3.8) is 0 Å². The number of methoxy groups -OCH3 is 3. The number of benzene rings is 2. The fourth-order valence-electron chi connectivity index (χ4n) is 2.39. The third-order valence-electron chi connectivity index (χ3n) is 3.61. The van der Waals surface area contributed by atoms with Gasteiger partial charge in [-0.2, -0.15) is 0 Å². The van der Waals surface area contributed by atoms with Gasteiger partial charge in [0.2, 0.25) is 0 Å². The van der Waals surface area contributed by atoms with Crippen molar-refractivity contribution >= 4 is 5.97 Å². The summed E-state index contributed by atoms with van der Waals surface area (Å²) < 4.78 is 16.0. The van der Waals surface area contributed by atoms with Crippen molar-refractivity contribution in [3.8, 4) is 17.2 Å². The summed E-state index contributed by atoms with van der Waals surface area (Å²) in [7, 11) is 4.75. The van der Waals surface area contributed by atoms with Crippen molar-refractivity contribution in [2.75, 3.05) is 21.3 Å². The molecular formula is C18H21NO5. The van der Waals surface area contributed by atoms with Crippen LogP contribution in [0.4, 0.5) is 0 Å². The number of hydrogen-bond donors (Lipinski definition) is 2. The van der Waals surface area contributed by atoms with E-state index >= 15 is 0 Å². The topological polar surface area (TPSA) is 77.0 Å². The summed E-state index contributed by atoms with van der Waals surface area (Å²) in [5.74, 6) is 0.994. The van der Waals surface area contributed by atoms with Gasteiger partial charge >= 0.3 is 5.97 Å². The molecule has 128 valence electrons. The second-order valence-electron chi connectivity index (χ2n) is 5.13. The molecule has 0 spiro atoms. The van der Waals surface area contributed by atoms with Crippen LogP contribution in [-0.2, 0) is 13.1 Å². The van der Waals surface area contributed by atoms with Gasteiger partial charge in [0, 0.05) is 24.7 Å². The van der Waals surface area contributed by atoms with Crippen LogP contribution in [0, 0.1) is 0 Å². The highest BCUT2D eigenvalue weighted by Gasteiger charge is 2.11. The van der Waals surface area contributed by atoms with Crippen LogP contribution in [0.25, 0.3) is 0 Å². The highest BCUT2D eigenvalue weighted by Crippen LogP contribution is 2.34. The first-order valence-corrected chi connectivity index (χ1v) is 7.41. The Hall–Kier alpha value is -2.73. The molecule has 0 aliphatic carbocycles. The third-order valence-corrected chi connectivity index (χ3v) is 3.61. The molecular weight excluding hydrogens is 310 g/mol. The van der Waals surface area contributed by atoms with Crippen LogP contribution in [0.5, 0.6) is 17.2 Å². The summed E-state index contributed by atoms with van der Waals surface area (Å²) in [6, 6.07) is 10.5. The Morgan fingerprint density at radius 2 is 1.62 bits per heavy atom. The molecule has 2 rings (SSSR count). The summed E-state index contributed by atoms with van der Waals surface area (Å²) in [5, 5.41) is 12.3. The van der Waals surface area contributed by atoms with E-state index in [4.69, 9.17) is 19.3 Å². The molecule has 6 heteroatoms. The minimum Gasteiger partial charge on any atom is -0.496 e. The number of carbonyl (C=O) groups is 1. The first-order valence-electron chi connectivity index (χ1n) is 7.41. The molecule has 2 aromatic carbocycles. The Labute approximate surface area is 141 Å². The lowest BCUT2D eigenvalue weighted by Crippen LogP contribution is -2.14. The molecule has 2 N–H and O–H groups in total. The zero-order valence-electron chi connectivity index (χ0n) is 14.0. The van der Waals surface area contributed by atoms with E-state index in [0.717, 1.165) is 11.1 Å². The van der Waals surface area contributed by atoms with Crippen molar-refractivity contribution in [1.82, 2.24) is 5.32 Å². The SMILES string of the molecule is COc1cc(OC)c(OC)cc1CNCc1cccc(C(=O)O)c1. The van der Waals surface area contributed by atoms with Crippen molar-refractivity contribution < 1.29 is 24.1 Å².